The first-order valence-electron chi connectivity index (χ1n) is 6.49. The van der Waals surface area contributed by atoms with E-state index >= 15 is 0 Å². The van der Waals surface area contributed by atoms with Crippen LogP contribution in [0.15, 0.2) is 23.1 Å². The molecule has 0 N–H and O–H groups in total. The molecule has 0 spiro atoms. The van der Waals surface area contributed by atoms with Crippen LogP contribution in [-0.2, 0) is 22.9 Å². The summed E-state index contributed by atoms with van der Waals surface area (Å²) in [6.07, 6.45) is 0. The van der Waals surface area contributed by atoms with Gasteiger partial charge in [-0.15, -0.1) is 24.0 Å². The average molecular weight is 449 g/mol. The lowest BCUT2D eigenvalue weighted by molar-refractivity contribution is -0.674. The fourth-order valence-corrected chi connectivity index (χ4v) is 3.32. The number of hydrogen-bond acceptors (Lipinski definition) is 2. The minimum absolute atomic E-state index is 0. The third-order valence-electron chi connectivity index (χ3n) is 3.56. The van der Waals surface area contributed by atoms with Crippen LogP contribution in [0.25, 0.3) is 11.0 Å². The van der Waals surface area contributed by atoms with Gasteiger partial charge >= 0.3 is 5.51 Å². The molecule has 0 bridgehead atoms. The molecule has 124 valence electrons. The third kappa shape index (κ3) is 2.84. The largest absolute Gasteiger partial charge is 0.501 e. The van der Waals surface area contributed by atoms with Gasteiger partial charge in [-0.25, -0.2) is 17.6 Å². The van der Waals surface area contributed by atoms with Crippen molar-refractivity contribution in [3.8, 4) is 0 Å². The number of halogens is 4. The Morgan fingerprint density at radius 3 is 2.27 bits per heavy atom. The molecule has 1 heterocycles. The van der Waals surface area contributed by atoms with Crippen molar-refractivity contribution in [1.82, 2.24) is 4.57 Å². The van der Waals surface area contributed by atoms with Gasteiger partial charge < -0.3 is 0 Å². The minimum Gasteiger partial charge on any atom is -0.228 e. The lowest BCUT2D eigenvalue weighted by atomic mass is 10.3. The molecule has 0 saturated carbocycles. The van der Waals surface area contributed by atoms with E-state index in [0.29, 0.717) is 18.6 Å². The molecule has 1 aromatic carbocycles. The number of fused-ring (bicyclic) bond motifs is 1. The van der Waals surface area contributed by atoms with Crippen LogP contribution < -0.4 is 4.57 Å². The van der Waals surface area contributed by atoms with Crippen molar-refractivity contribution < 1.29 is 26.2 Å². The van der Waals surface area contributed by atoms with Crippen LogP contribution in [0.2, 0.25) is 0 Å². The molecule has 0 aliphatic heterocycles. The molecule has 2 aromatic rings. The monoisotopic (exact) mass is 449 g/mol. The Bertz CT molecular complexity index is 798. The van der Waals surface area contributed by atoms with Crippen LogP contribution in [0, 0.1) is 6.92 Å². The van der Waals surface area contributed by atoms with Gasteiger partial charge in [-0.2, -0.15) is 13.2 Å². The molecular formula is C13H17F3IN2O2S+. The van der Waals surface area contributed by atoms with Crippen LogP contribution >= 0.6 is 24.0 Å². The Kier molecular flexibility index (Phi) is 5.54. The summed E-state index contributed by atoms with van der Waals surface area (Å²) in [7, 11) is -5.33. The van der Waals surface area contributed by atoms with Crippen molar-refractivity contribution in [3.05, 3.63) is 24.0 Å². The van der Waals surface area contributed by atoms with E-state index in [1.807, 2.05) is 25.3 Å². The summed E-state index contributed by atoms with van der Waals surface area (Å²) >= 11 is 0. The standard InChI is InChI=1S/C13H16F3N2O2S.HI/c1-4-17-9(3)18(5-2)12-8-10(6-7-11(12)17)21(19,20)13(14,15)16;/h6-8H,4-5H2,1-3H3;1H/q+1;. The third-order valence-corrected chi connectivity index (χ3v) is 5.04. The highest BCUT2D eigenvalue weighted by Crippen LogP contribution is 2.31. The Morgan fingerprint density at radius 1 is 1.23 bits per heavy atom. The zero-order valence-electron chi connectivity index (χ0n) is 12.3. The first-order chi connectivity index (χ1) is 9.65. The van der Waals surface area contributed by atoms with Crippen LogP contribution in [-0.4, -0.2) is 18.5 Å². The van der Waals surface area contributed by atoms with Gasteiger partial charge in [0.25, 0.3) is 15.7 Å². The number of aryl methyl sites for hydroxylation is 2. The van der Waals surface area contributed by atoms with Crippen molar-refractivity contribution >= 4 is 44.8 Å². The maximum atomic E-state index is 12.7. The molecule has 0 aliphatic rings. The van der Waals surface area contributed by atoms with Gasteiger partial charge in [0.05, 0.1) is 18.0 Å². The van der Waals surface area contributed by atoms with Gasteiger partial charge in [-0.3, -0.25) is 0 Å². The van der Waals surface area contributed by atoms with E-state index in [4.69, 9.17) is 0 Å². The summed E-state index contributed by atoms with van der Waals surface area (Å²) in [5.41, 5.74) is -4.08. The van der Waals surface area contributed by atoms with Crippen LogP contribution in [0.4, 0.5) is 13.2 Å². The SMILES string of the molecule is CCn1c(C)[n+](CC)c2ccc(S(=O)(=O)C(F)(F)F)cc21.I. The van der Waals surface area contributed by atoms with E-state index < -0.39 is 20.2 Å². The van der Waals surface area contributed by atoms with Crippen LogP contribution in [0.1, 0.15) is 19.7 Å². The molecule has 1 aromatic heterocycles. The van der Waals surface area contributed by atoms with Gasteiger partial charge in [0, 0.05) is 13.0 Å². The number of rotatable bonds is 3. The van der Waals surface area contributed by atoms with Crippen molar-refractivity contribution in [2.45, 2.75) is 44.3 Å². The van der Waals surface area contributed by atoms with E-state index in [2.05, 4.69) is 0 Å². The second kappa shape index (κ2) is 6.34. The summed E-state index contributed by atoms with van der Waals surface area (Å²) in [5.74, 6) is 0.872. The zero-order chi connectivity index (χ0) is 16.0. The predicted molar refractivity (Wildman–Crippen MR) is 86.9 cm³/mol. The quantitative estimate of drug-likeness (QED) is 0.534. The molecule has 0 radical (unpaired) electrons. The Labute approximate surface area is 143 Å². The zero-order valence-corrected chi connectivity index (χ0v) is 15.5. The molecular weight excluding hydrogens is 432 g/mol. The van der Waals surface area contributed by atoms with Crippen molar-refractivity contribution in [2.75, 3.05) is 0 Å². The number of imidazole rings is 1. The summed E-state index contributed by atoms with van der Waals surface area (Å²) in [5, 5.41) is 0. The Balaban J connectivity index is 0.00000242. The first kappa shape index (κ1) is 19.2. The van der Waals surface area contributed by atoms with Crippen molar-refractivity contribution in [1.29, 1.82) is 0 Å². The minimum atomic E-state index is -5.33. The first-order valence-corrected chi connectivity index (χ1v) is 7.97. The van der Waals surface area contributed by atoms with E-state index in [1.165, 1.54) is 6.07 Å². The summed E-state index contributed by atoms with van der Waals surface area (Å²) in [6.45, 7) is 6.83. The Hall–Kier alpha value is -0.840. The number of benzene rings is 1. The van der Waals surface area contributed by atoms with E-state index in [-0.39, 0.29) is 24.0 Å². The van der Waals surface area contributed by atoms with Gasteiger partial charge in [-0.05, 0) is 26.0 Å². The molecule has 0 aliphatic carbocycles. The lowest BCUT2D eigenvalue weighted by Gasteiger charge is -2.07. The second-order valence-electron chi connectivity index (χ2n) is 4.64. The molecule has 22 heavy (non-hydrogen) atoms. The topological polar surface area (TPSA) is 43.0 Å². The van der Waals surface area contributed by atoms with E-state index in [9.17, 15) is 21.6 Å². The molecule has 9 heteroatoms. The molecule has 0 fully saturated rings. The van der Waals surface area contributed by atoms with Crippen molar-refractivity contribution in [3.63, 3.8) is 0 Å². The summed E-state index contributed by atoms with van der Waals surface area (Å²) in [6, 6.07) is 3.54. The molecule has 0 atom stereocenters. The number of hydrogen-bond donors (Lipinski definition) is 0. The molecule has 2 rings (SSSR count). The lowest BCUT2D eigenvalue weighted by Crippen LogP contribution is -2.35. The van der Waals surface area contributed by atoms with E-state index in [1.54, 1.807) is 4.57 Å². The fourth-order valence-electron chi connectivity index (χ4n) is 2.54. The highest BCUT2D eigenvalue weighted by Gasteiger charge is 2.47. The predicted octanol–water partition coefficient (Wildman–Crippen LogP) is 3.19. The summed E-state index contributed by atoms with van der Waals surface area (Å²) < 4.78 is 64.7. The molecule has 4 nitrogen and oxygen atoms in total. The maximum absolute atomic E-state index is 12.7. The van der Waals surface area contributed by atoms with Crippen LogP contribution in [0.5, 0.6) is 0 Å². The van der Waals surface area contributed by atoms with Crippen LogP contribution in [0.3, 0.4) is 0 Å². The van der Waals surface area contributed by atoms with Gasteiger partial charge in [0.2, 0.25) is 0 Å². The Morgan fingerprint density at radius 2 is 1.82 bits per heavy atom. The molecule has 0 unspecified atom stereocenters. The number of aromatic nitrogens is 2. The fraction of sp³-hybridized carbons (Fsp3) is 0.462. The average Bonchev–Trinajstić information content (AvgIpc) is 2.67. The van der Waals surface area contributed by atoms with Gasteiger partial charge in [-0.1, -0.05) is 0 Å². The second-order valence-corrected chi connectivity index (χ2v) is 6.58. The highest BCUT2D eigenvalue weighted by atomic mass is 127. The number of alkyl halides is 3. The highest BCUT2D eigenvalue weighted by molar-refractivity contribution is 14.0. The smallest absolute Gasteiger partial charge is 0.228 e. The number of sulfone groups is 1. The number of nitrogens with zero attached hydrogens (tertiary/aromatic N) is 2. The van der Waals surface area contributed by atoms with Gasteiger partial charge in [0.1, 0.15) is 0 Å². The molecule has 0 saturated heterocycles. The maximum Gasteiger partial charge on any atom is 0.501 e. The molecule has 0 amide bonds. The summed E-state index contributed by atoms with van der Waals surface area (Å²) in [4.78, 5) is -0.724. The van der Waals surface area contributed by atoms with E-state index in [0.717, 1.165) is 23.5 Å². The van der Waals surface area contributed by atoms with Crippen molar-refractivity contribution in [2.24, 2.45) is 0 Å². The normalized spacial score (nSPS) is 12.5. The van der Waals surface area contributed by atoms with Gasteiger partial charge in [0.15, 0.2) is 11.0 Å².